The second-order valence-corrected chi connectivity index (χ2v) is 11.5. The highest BCUT2D eigenvalue weighted by Gasteiger charge is 2.60. The van der Waals surface area contributed by atoms with Crippen molar-refractivity contribution < 1.29 is 33.3 Å². The van der Waals surface area contributed by atoms with E-state index in [4.69, 9.17) is 23.7 Å². The summed E-state index contributed by atoms with van der Waals surface area (Å²) in [5, 5.41) is 3.00. The van der Waals surface area contributed by atoms with E-state index in [1.165, 1.54) is 30.4 Å². The van der Waals surface area contributed by atoms with E-state index in [2.05, 4.69) is 5.32 Å². The lowest BCUT2D eigenvalue weighted by Gasteiger charge is -2.43. The van der Waals surface area contributed by atoms with Gasteiger partial charge in [0.1, 0.15) is 18.3 Å². The summed E-state index contributed by atoms with van der Waals surface area (Å²) in [5.41, 5.74) is 0. The predicted octanol–water partition coefficient (Wildman–Crippen LogP) is 2.29. The van der Waals surface area contributed by atoms with Gasteiger partial charge in [0, 0.05) is 6.92 Å². The first-order valence-electron chi connectivity index (χ1n) is 10.4. The fourth-order valence-corrected chi connectivity index (χ4v) is 7.36. The summed E-state index contributed by atoms with van der Waals surface area (Å²) in [6, 6.07) is -0.663. The Morgan fingerprint density at radius 2 is 1.77 bits per heavy atom. The van der Waals surface area contributed by atoms with Gasteiger partial charge >= 0.3 is 5.97 Å². The van der Waals surface area contributed by atoms with E-state index in [-0.39, 0.29) is 24.6 Å². The van der Waals surface area contributed by atoms with Crippen molar-refractivity contribution in [2.75, 3.05) is 24.7 Å². The van der Waals surface area contributed by atoms with Gasteiger partial charge in [-0.15, -0.1) is 23.5 Å². The highest BCUT2D eigenvalue weighted by molar-refractivity contribution is 8.20. The van der Waals surface area contributed by atoms with Gasteiger partial charge in [-0.25, -0.2) is 4.79 Å². The second-order valence-electron chi connectivity index (χ2n) is 8.55. The Balaban J connectivity index is 1.99. The maximum absolute atomic E-state index is 13.2. The topological polar surface area (TPSA) is 92.3 Å². The Morgan fingerprint density at radius 1 is 1.10 bits per heavy atom. The molecule has 0 saturated carbocycles. The molecule has 3 aliphatic rings. The van der Waals surface area contributed by atoms with Gasteiger partial charge in [-0.3, -0.25) is 4.79 Å². The van der Waals surface area contributed by atoms with Gasteiger partial charge in [0.2, 0.25) is 5.91 Å². The molecule has 10 heteroatoms. The van der Waals surface area contributed by atoms with E-state index < -0.39 is 33.9 Å². The lowest BCUT2D eigenvalue weighted by Crippen LogP contribution is -2.63. The number of ether oxygens (including phenoxy) is 5. The monoisotopic (exact) mass is 463 g/mol. The highest BCUT2D eigenvalue weighted by atomic mass is 32.2. The van der Waals surface area contributed by atoms with Crippen molar-refractivity contribution in [3.8, 4) is 0 Å². The fraction of sp³-hybridized carbons (Fsp3) is 0.900. The van der Waals surface area contributed by atoms with Crippen molar-refractivity contribution in [1.82, 2.24) is 5.32 Å². The molecular weight excluding hydrogens is 430 g/mol. The summed E-state index contributed by atoms with van der Waals surface area (Å²) < 4.78 is 28.8. The van der Waals surface area contributed by atoms with Crippen molar-refractivity contribution >= 4 is 35.4 Å². The lowest BCUT2D eigenvalue weighted by atomic mass is 9.97. The molecule has 1 amide bonds. The number of hydrogen-bond acceptors (Lipinski definition) is 9. The summed E-state index contributed by atoms with van der Waals surface area (Å²) >= 11 is 3.01. The third kappa shape index (κ3) is 5.10. The molecule has 0 bridgehead atoms. The van der Waals surface area contributed by atoms with Gasteiger partial charge in [0.15, 0.2) is 15.7 Å². The minimum absolute atomic E-state index is 0.244. The maximum Gasteiger partial charge on any atom is 0.334 e. The molecule has 3 heterocycles. The van der Waals surface area contributed by atoms with Gasteiger partial charge in [-0.2, -0.15) is 0 Å². The smallest absolute Gasteiger partial charge is 0.334 e. The summed E-state index contributed by atoms with van der Waals surface area (Å²) in [4.78, 5) is 25.5. The van der Waals surface area contributed by atoms with Crippen LogP contribution in [0.4, 0.5) is 0 Å². The van der Waals surface area contributed by atoms with Crippen LogP contribution in [0.2, 0.25) is 0 Å². The summed E-state index contributed by atoms with van der Waals surface area (Å²) in [7, 11) is 0. The predicted molar refractivity (Wildman–Crippen MR) is 115 cm³/mol. The molecule has 3 fully saturated rings. The molecule has 0 unspecified atom stereocenters. The van der Waals surface area contributed by atoms with Crippen molar-refractivity contribution in [3.63, 3.8) is 0 Å². The number of amides is 1. The minimum Gasteiger partial charge on any atom is -0.464 e. The number of hydrogen-bond donors (Lipinski definition) is 1. The summed E-state index contributed by atoms with van der Waals surface area (Å²) in [6.07, 6.45) is -0.545. The Morgan fingerprint density at radius 3 is 2.30 bits per heavy atom. The van der Waals surface area contributed by atoms with Crippen molar-refractivity contribution in [1.29, 1.82) is 0 Å². The van der Waals surface area contributed by atoms with Crippen LogP contribution in [-0.2, 0) is 33.3 Å². The summed E-state index contributed by atoms with van der Waals surface area (Å²) in [6.45, 7) is 11.2. The molecule has 3 saturated heterocycles. The molecule has 172 valence electrons. The Kier molecular flexibility index (Phi) is 7.36. The Labute approximate surface area is 186 Å². The average Bonchev–Trinajstić information content (AvgIpc) is 3.18. The molecule has 0 spiro atoms. The third-order valence-corrected chi connectivity index (χ3v) is 8.53. The standard InChI is InChI=1S/C20H33NO7S2/c1-7-24-17(23)20(29-9-8-10-30-20)16(21-12(2)22)15-14(27-19(5,6)28-15)13-11-25-18(3,4)26-13/h13-16H,7-11H2,1-6H3,(H,21,22)/t13-,14-,15+,16-/m1/s1. The minimum atomic E-state index is -1.03. The van der Waals surface area contributed by atoms with Crippen LogP contribution in [0.15, 0.2) is 0 Å². The molecule has 3 rings (SSSR count). The highest BCUT2D eigenvalue weighted by Crippen LogP contribution is 2.50. The Hall–Kier alpha value is -0.520. The summed E-state index contributed by atoms with van der Waals surface area (Å²) in [5.74, 6) is -0.649. The quantitative estimate of drug-likeness (QED) is 0.596. The van der Waals surface area contributed by atoms with E-state index in [9.17, 15) is 9.59 Å². The third-order valence-electron chi connectivity index (χ3n) is 5.14. The number of esters is 1. The zero-order chi connectivity index (χ0) is 22.2. The number of nitrogens with one attached hydrogen (secondary N) is 1. The van der Waals surface area contributed by atoms with E-state index in [0.717, 1.165) is 17.9 Å². The fourth-order valence-electron chi connectivity index (χ4n) is 4.06. The van der Waals surface area contributed by atoms with Gasteiger partial charge < -0.3 is 29.0 Å². The molecule has 0 radical (unpaired) electrons. The number of carbonyl (C=O) groups is 2. The largest absolute Gasteiger partial charge is 0.464 e. The molecule has 0 aliphatic carbocycles. The van der Waals surface area contributed by atoms with E-state index in [1.54, 1.807) is 6.92 Å². The van der Waals surface area contributed by atoms with Gasteiger partial charge in [0.25, 0.3) is 0 Å². The molecule has 30 heavy (non-hydrogen) atoms. The zero-order valence-electron chi connectivity index (χ0n) is 18.5. The van der Waals surface area contributed by atoms with Crippen LogP contribution in [0.3, 0.4) is 0 Å². The molecule has 0 aromatic rings. The van der Waals surface area contributed by atoms with Crippen LogP contribution >= 0.6 is 23.5 Å². The van der Waals surface area contributed by atoms with Crippen LogP contribution in [0, 0.1) is 0 Å². The molecule has 3 aliphatic heterocycles. The lowest BCUT2D eigenvalue weighted by molar-refractivity contribution is -0.175. The number of rotatable bonds is 6. The van der Waals surface area contributed by atoms with Gasteiger partial charge in [-0.05, 0) is 52.5 Å². The first-order valence-corrected chi connectivity index (χ1v) is 12.4. The van der Waals surface area contributed by atoms with Crippen LogP contribution in [0.25, 0.3) is 0 Å². The molecule has 0 aromatic heterocycles. The van der Waals surface area contributed by atoms with Crippen LogP contribution < -0.4 is 5.32 Å². The maximum atomic E-state index is 13.2. The van der Waals surface area contributed by atoms with Crippen LogP contribution in [0.1, 0.15) is 48.0 Å². The first-order chi connectivity index (χ1) is 14.0. The van der Waals surface area contributed by atoms with Gasteiger partial charge in [0.05, 0.1) is 19.3 Å². The number of carbonyl (C=O) groups excluding carboxylic acids is 2. The second kappa shape index (κ2) is 9.15. The average molecular weight is 464 g/mol. The first kappa shape index (κ1) is 24.1. The molecule has 8 nitrogen and oxygen atoms in total. The molecular formula is C20H33NO7S2. The van der Waals surface area contributed by atoms with Crippen molar-refractivity contribution in [2.45, 2.75) is 88.0 Å². The van der Waals surface area contributed by atoms with Crippen molar-refractivity contribution in [3.05, 3.63) is 0 Å². The number of thioether (sulfide) groups is 2. The van der Waals surface area contributed by atoms with E-state index in [0.29, 0.717) is 6.61 Å². The van der Waals surface area contributed by atoms with E-state index in [1.807, 2.05) is 27.7 Å². The van der Waals surface area contributed by atoms with E-state index >= 15 is 0 Å². The molecule has 4 atom stereocenters. The van der Waals surface area contributed by atoms with Crippen LogP contribution in [-0.4, -0.2) is 76.6 Å². The van der Waals surface area contributed by atoms with Crippen molar-refractivity contribution in [2.24, 2.45) is 0 Å². The SMILES string of the molecule is CCOC(=O)C1([C@H](NC(C)=O)[C@H]2OC(C)(C)O[C@@H]2[C@H]2COC(C)(C)O2)SCCCS1. The molecule has 0 aromatic carbocycles. The van der Waals surface area contributed by atoms with Crippen LogP contribution in [0.5, 0.6) is 0 Å². The normalized spacial score (nSPS) is 33.1. The van der Waals surface area contributed by atoms with Gasteiger partial charge in [-0.1, -0.05) is 0 Å². The zero-order valence-corrected chi connectivity index (χ0v) is 20.2. The Bertz CT molecular complexity index is 651. The molecule has 1 N–H and O–H groups in total.